The average molecular weight is 342 g/mol. The number of aromatic carboxylic acids is 1. The molecule has 2 aromatic heterocycles. The molecule has 0 bridgehead atoms. The van der Waals surface area contributed by atoms with Crippen LogP contribution in [0.4, 0.5) is 10.1 Å². The second kappa shape index (κ2) is 6.83. The summed E-state index contributed by atoms with van der Waals surface area (Å²) < 4.78 is 23.2. The Hall–Kier alpha value is -3.68. The fourth-order valence-corrected chi connectivity index (χ4v) is 1.91. The van der Waals surface area contributed by atoms with Gasteiger partial charge in [0.05, 0.1) is 11.9 Å². The first kappa shape index (κ1) is 16.2. The molecule has 126 valence electrons. The monoisotopic (exact) mass is 342 g/mol. The van der Waals surface area contributed by atoms with E-state index in [4.69, 9.17) is 14.3 Å². The molecule has 1 aromatic carbocycles. The zero-order valence-electron chi connectivity index (χ0n) is 12.6. The summed E-state index contributed by atoms with van der Waals surface area (Å²) in [5, 5.41) is 11.3. The van der Waals surface area contributed by atoms with Gasteiger partial charge in [-0.3, -0.25) is 4.79 Å². The molecule has 0 spiro atoms. The van der Waals surface area contributed by atoms with Crippen LogP contribution in [0.3, 0.4) is 0 Å². The van der Waals surface area contributed by atoms with Gasteiger partial charge in [0.2, 0.25) is 11.6 Å². The maximum absolute atomic E-state index is 12.8. The van der Waals surface area contributed by atoms with Gasteiger partial charge in [0, 0.05) is 6.07 Å². The van der Waals surface area contributed by atoms with E-state index in [2.05, 4.69) is 10.3 Å². The molecule has 0 saturated heterocycles. The quantitative estimate of drug-likeness (QED) is 0.735. The number of carbonyl (C=O) groups is 2. The predicted octanol–water partition coefficient (Wildman–Crippen LogP) is 3.56. The molecule has 0 aliphatic carbocycles. The number of nitrogens with zero attached hydrogens (tertiary/aromatic N) is 1. The van der Waals surface area contributed by atoms with E-state index in [1.165, 1.54) is 48.7 Å². The fourth-order valence-electron chi connectivity index (χ4n) is 1.91. The summed E-state index contributed by atoms with van der Waals surface area (Å²) in [6.07, 6.45) is 1.36. The number of carbonyl (C=O) groups excluding carboxylic acids is 1. The summed E-state index contributed by atoms with van der Waals surface area (Å²) in [4.78, 5) is 26.7. The molecule has 7 nitrogen and oxygen atoms in total. The summed E-state index contributed by atoms with van der Waals surface area (Å²) >= 11 is 0. The van der Waals surface area contributed by atoms with Crippen LogP contribution in [0.15, 0.2) is 59.1 Å². The first-order valence-electron chi connectivity index (χ1n) is 7.05. The maximum Gasteiger partial charge on any atom is 0.371 e. The molecule has 1 amide bonds. The molecular weight excluding hydrogens is 331 g/mol. The number of halogens is 1. The van der Waals surface area contributed by atoms with Crippen molar-refractivity contribution in [3.63, 3.8) is 0 Å². The average Bonchev–Trinajstić information content (AvgIpc) is 3.09. The van der Waals surface area contributed by atoms with Crippen LogP contribution in [0, 0.1) is 5.82 Å². The number of nitrogens with one attached hydrogen (secondary N) is 1. The van der Waals surface area contributed by atoms with Gasteiger partial charge in [-0.1, -0.05) is 0 Å². The van der Waals surface area contributed by atoms with Crippen molar-refractivity contribution in [2.24, 2.45) is 0 Å². The van der Waals surface area contributed by atoms with Crippen molar-refractivity contribution in [2.75, 3.05) is 5.32 Å². The lowest BCUT2D eigenvalue weighted by Crippen LogP contribution is -2.11. The summed E-state index contributed by atoms with van der Waals surface area (Å²) in [7, 11) is 0. The number of amides is 1. The third-order valence-electron chi connectivity index (χ3n) is 3.07. The molecule has 2 N–H and O–H groups in total. The van der Waals surface area contributed by atoms with Crippen LogP contribution in [-0.4, -0.2) is 22.0 Å². The Morgan fingerprint density at radius 2 is 1.76 bits per heavy atom. The highest BCUT2D eigenvalue weighted by Crippen LogP contribution is 2.21. The lowest BCUT2D eigenvalue weighted by molar-refractivity contribution is 0.0660. The predicted molar refractivity (Wildman–Crippen MR) is 84.3 cm³/mol. The van der Waals surface area contributed by atoms with E-state index in [0.29, 0.717) is 11.4 Å². The van der Waals surface area contributed by atoms with E-state index in [-0.39, 0.29) is 23.2 Å². The topological polar surface area (TPSA) is 102 Å². The zero-order valence-corrected chi connectivity index (χ0v) is 12.6. The van der Waals surface area contributed by atoms with Crippen molar-refractivity contribution >= 4 is 17.6 Å². The zero-order chi connectivity index (χ0) is 17.8. The molecule has 25 heavy (non-hydrogen) atoms. The minimum absolute atomic E-state index is 0.135. The Bertz CT molecular complexity index is 904. The molecule has 0 unspecified atom stereocenters. The van der Waals surface area contributed by atoms with Crippen molar-refractivity contribution in [3.8, 4) is 11.6 Å². The SMILES string of the molecule is O=C(O)c1ccc(C(=O)Nc2ccc(Oc3ccc(F)cc3)nc2)o1. The molecule has 8 heteroatoms. The Kier molecular flexibility index (Phi) is 4.42. The minimum atomic E-state index is -1.26. The van der Waals surface area contributed by atoms with Crippen molar-refractivity contribution in [1.82, 2.24) is 4.98 Å². The van der Waals surface area contributed by atoms with Gasteiger partial charge in [0.1, 0.15) is 11.6 Å². The van der Waals surface area contributed by atoms with Gasteiger partial charge >= 0.3 is 5.97 Å². The highest BCUT2D eigenvalue weighted by atomic mass is 19.1. The number of benzene rings is 1. The van der Waals surface area contributed by atoms with Crippen LogP contribution < -0.4 is 10.1 Å². The van der Waals surface area contributed by atoms with Gasteiger partial charge in [0.15, 0.2) is 5.76 Å². The van der Waals surface area contributed by atoms with Gasteiger partial charge < -0.3 is 19.6 Å². The lowest BCUT2D eigenvalue weighted by Gasteiger charge is -2.06. The number of rotatable bonds is 5. The van der Waals surface area contributed by atoms with Gasteiger partial charge in [-0.2, -0.15) is 0 Å². The summed E-state index contributed by atoms with van der Waals surface area (Å²) in [5.41, 5.74) is 0.365. The normalized spacial score (nSPS) is 10.3. The van der Waals surface area contributed by atoms with Gasteiger partial charge in [-0.15, -0.1) is 0 Å². The second-order valence-electron chi connectivity index (χ2n) is 4.86. The molecule has 0 radical (unpaired) electrons. The van der Waals surface area contributed by atoms with Gasteiger partial charge in [0.25, 0.3) is 5.91 Å². The third kappa shape index (κ3) is 3.99. The number of carboxylic acid groups (broad SMARTS) is 1. The van der Waals surface area contributed by atoms with E-state index >= 15 is 0 Å². The second-order valence-corrected chi connectivity index (χ2v) is 4.86. The van der Waals surface area contributed by atoms with Crippen LogP contribution in [-0.2, 0) is 0 Å². The molecule has 0 fully saturated rings. The number of carboxylic acids is 1. The molecule has 0 saturated carbocycles. The van der Waals surface area contributed by atoms with Gasteiger partial charge in [-0.05, 0) is 42.5 Å². The number of furan rings is 1. The Balaban J connectivity index is 1.64. The van der Waals surface area contributed by atoms with E-state index in [1.807, 2.05) is 0 Å². The van der Waals surface area contributed by atoms with E-state index in [9.17, 15) is 14.0 Å². The van der Waals surface area contributed by atoms with Crippen LogP contribution in [0.2, 0.25) is 0 Å². The van der Waals surface area contributed by atoms with Crippen molar-refractivity contribution in [1.29, 1.82) is 0 Å². The minimum Gasteiger partial charge on any atom is -0.475 e. The first-order chi connectivity index (χ1) is 12.0. The molecular formula is C17H11FN2O5. The smallest absolute Gasteiger partial charge is 0.371 e. The van der Waals surface area contributed by atoms with Gasteiger partial charge in [-0.25, -0.2) is 14.2 Å². The molecule has 3 rings (SSSR count). The maximum atomic E-state index is 12.8. The summed E-state index contributed by atoms with van der Waals surface area (Å²) in [6, 6.07) is 11.0. The van der Waals surface area contributed by atoms with E-state index in [1.54, 1.807) is 6.07 Å². The summed E-state index contributed by atoms with van der Waals surface area (Å²) in [5.74, 6) is -2.03. The van der Waals surface area contributed by atoms with Crippen LogP contribution in [0.25, 0.3) is 0 Å². The number of hydrogen-bond donors (Lipinski definition) is 2. The van der Waals surface area contributed by atoms with Crippen molar-refractivity contribution < 1.29 is 28.2 Å². The highest BCUT2D eigenvalue weighted by Gasteiger charge is 2.15. The molecule has 0 aliphatic rings. The molecule has 0 atom stereocenters. The highest BCUT2D eigenvalue weighted by molar-refractivity contribution is 6.02. The lowest BCUT2D eigenvalue weighted by atomic mass is 10.3. The molecule has 3 aromatic rings. The fraction of sp³-hybridized carbons (Fsp3) is 0. The Morgan fingerprint density at radius 3 is 2.36 bits per heavy atom. The largest absolute Gasteiger partial charge is 0.475 e. The Labute approximate surface area is 140 Å². The molecule has 0 aliphatic heterocycles. The summed E-state index contributed by atoms with van der Waals surface area (Å²) in [6.45, 7) is 0. The van der Waals surface area contributed by atoms with E-state index < -0.39 is 11.9 Å². The Morgan fingerprint density at radius 1 is 1.04 bits per heavy atom. The number of ether oxygens (including phenoxy) is 1. The van der Waals surface area contributed by atoms with E-state index in [0.717, 1.165) is 0 Å². The van der Waals surface area contributed by atoms with Crippen LogP contribution >= 0.6 is 0 Å². The molecule has 2 heterocycles. The van der Waals surface area contributed by atoms with Crippen LogP contribution in [0.5, 0.6) is 11.6 Å². The number of pyridine rings is 1. The number of hydrogen-bond acceptors (Lipinski definition) is 5. The number of anilines is 1. The van der Waals surface area contributed by atoms with Crippen molar-refractivity contribution in [3.05, 3.63) is 72.1 Å². The number of aromatic nitrogens is 1. The standard InChI is InChI=1S/C17H11FN2O5/c18-10-1-4-12(5-2-10)24-15-8-3-11(9-19-15)20-16(21)13-6-7-14(25-13)17(22)23/h1-9H,(H,20,21)(H,22,23). The third-order valence-corrected chi connectivity index (χ3v) is 3.07. The van der Waals surface area contributed by atoms with Crippen molar-refractivity contribution in [2.45, 2.75) is 0 Å². The van der Waals surface area contributed by atoms with Crippen LogP contribution in [0.1, 0.15) is 21.1 Å². The first-order valence-corrected chi connectivity index (χ1v) is 7.05.